The minimum atomic E-state index is -0.938. The van der Waals surface area contributed by atoms with Gasteiger partial charge in [-0.25, -0.2) is 4.98 Å². The average Bonchev–Trinajstić information content (AvgIpc) is 2.78. The number of hydrogen-bond donors (Lipinski definition) is 2. The van der Waals surface area contributed by atoms with Crippen molar-refractivity contribution in [2.75, 3.05) is 18.5 Å². The summed E-state index contributed by atoms with van der Waals surface area (Å²) in [7, 11) is 0. The van der Waals surface area contributed by atoms with Crippen LogP contribution in [0.2, 0.25) is 0 Å². The number of carboxylic acid groups (broad SMARTS) is 1. The van der Waals surface area contributed by atoms with E-state index in [1.807, 2.05) is 0 Å². The maximum Gasteiger partial charge on any atom is 0.311 e. The lowest BCUT2D eigenvalue weighted by atomic mass is 10.0. The average molecular weight is 253 g/mol. The van der Waals surface area contributed by atoms with Crippen molar-refractivity contribution < 1.29 is 19.6 Å². The third-order valence-corrected chi connectivity index (χ3v) is 2.69. The molecule has 96 valence electrons. The third-order valence-electron chi connectivity index (χ3n) is 2.69. The van der Waals surface area contributed by atoms with Gasteiger partial charge < -0.3 is 15.2 Å². The minimum Gasteiger partial charge on any atom is -0.481 e. The molecule has 2 unspecified atom stereocenters. The number of aliphatic carboxylic acids is 1. The zero-order chi connectivity index (χ0) is 13.1. The van der Waals surface area contributed by atoms with Gasteiger partial charge >= 0.3 is 5.97 Å². The molecule has 0 aliphatic carbocycles. The smallest absolute Gasteiger partial charge is 0.311 e. The van der Waals surface area contributed by atoms with Gasteiger partial charge in [0.25, 0.3) is 5.69 Å². The van der Waals surface area contributed by atoms with Crippen molar-refractivity contribution in [3.8, 4) is 0 Å². The molecule has 0 amide bonds. The topological polar surface area (TPSA) is 115 Å². The summed E-state index contributed by atoms with van der Waals surface area (Å²) in [6.07, 6.45) is 1.12. The summed E-state index contributed by atoms with van der Waals surface area (Å²) in [5.41, 5.74) is -0.113. The molecule has 1 fully saturated rings. The molecule has 2 rings (SSSR count). The Balaban J connectivity index is 2.05. The van der Waals surface area contributed by atoms with E-state index in [9.17, 15) is 14.9 Å². The first-order chi connectivity index (χ1) is 8.58. The number of ether oxygens (including phenoxy) is 1. The van der Waals surface area contributed by atoms with Gasteiger partial charge in [-0.2, -0.15) is 0 Å². The number of aromatic nitrogens is 1. The fraction of sp³-hybridized carbons (Fsp3) is 0.400. The Kier molecular flexibility index (Phi) is 3.38. The maximum atomic E-state index is 10.9. The van der Waals surface area contributed by atoms with Gasteiger partial charge in [0, 0.05) is 6.07 Å². The molecule has 1 aliphatic rings. The molecule has 0 spiro atoms. The second kappa shape index (κ2) is 4.96. The molecule has 0 saturated carbocycles. The summed E-state index contributed by atoms with van der Waals surface area (Å²) >= 11 is 0. The summed E-state index contributed by atoms with van der Waals surface area (Å²) in [6, 6.07) is 2.37. The summed E-state index contributed by atoms with van der Waals surface area (Å²) in [5.74, 6) is -1.18. The number of nitrogens with one attached hydrogen (secondary N) is 1. The third kappa shape index (κ3) is 2.54. The van der Waals surface area contributed by atoms with Crippen molar-refractivity contribution in [3.63, 3.8) is 0 Å². The lowest BCUT2D eigenvalue weighted by molar-refractivity contribution is -0.385. The van der Waals surface area contributed by atoms with Gasteiger partial charge in [0.15, 0.2) is 0 Å². The van der Waals surface area contributed by atoms with Crippen molar-refractivity contribution in [3.05, 3.63) is 28.4 Å². The molecule has 0 radical (unpaired) electrons. The van der Waals surface area contributed by atoms with Gasteiger partial charge in [0.2, 0.25) is 0 Å². The van der Waals surface area contributed by atoms with E-state index in [0.29, 0.717) is 5.82 Å². The fourth-order valence-electron chi connectivity index (χ4n) is 1.71. The van der Waals surface area contributed by atoms with Crippen molar-refractivity contribution in [2.24, 2.45) is 5.92 Å². The largest absolute Gasteiger partial charge is 0.481 e. The van der Waals surface area contributed by atoms with Gasteiger partial charge in [0.05, 0.1) is 24.2 Å². The van der Waals surface area contributed by atoms with Crippen LogP contribution in [0, 0.1) is 16.0 Å². The summed E-state index contributed by atoms with van der Waals surface area (Å²) in [4.78, 5) is 24.7. The number of carboxylic acids is 1. The quantitative estimate of drug-likeness (QED) is 0.593. The Bertz CT molecular complexity index is 461. The molecule has 0 bridgehead atoms. The van der Waals surface area contributed by atoms with Crippen LogP contribution in [-0.2, 0) is 9.53 Å². The number of nitro groups is 1. The molecule has 0 aromatic carbocycles. The highest BCUT2D eigenvalue weighted by Gasteiger charge is 2.34. The maximum absolute atomic E-state index is 10.9. The van der Waals surface area contributed by atoms with Crippen molar-refractivity contribution in [2.45, 2.75) is 6.04 Å². The number of hydrogen-bond acceptors (Lipinski definition) is 6. The minimum absolute atomic E-state index is 0.113. The van der Waals surface area contributed by atoms with E-state index in [1.165, 1.54) is 12.1 Å². The van der Waals surface area contributed by atoms with Crippen molar-refractivity contribution >= 4 is 17.5 Å². The van der Waals surface area contributed by atoms with E-state index in [4.69, 9.17) is 9.84 Å². The molecule has 2 N–H and O–H groups in total. The first-order valence-electron chi connectivity index (χ1n) is 5.25. The monoisotopic (exact) mass is 253 g/mol. The van der Waals surface area contributed by atoms with E-state index < -0.39 is 16.8 Å². The predicted molar refractivity (Wildman–Crippen MR) is 60.2 cm³/mol. The molecule has 8 heteroatoms. The molecular weight excluding hydrogens is 242 g/mol. The first kappa shape index (κ1) is 12.2. The molecule has 2 heterocycles. The van der Waals surface area contributed by atoms with E-state index in [0.717, 1.165) is 6.20 Å². The number of nitrogens with zero attached hydrogens (tertiary/aromatic N) is 2. The number of anilines is 1. The Morgan fingerprint density at radius 1 is 1.56 bits per heavy atom. The van der Waals surface area contributed by atoms with Gasteiger partial charge in [-0.1, -0.05) is 0 Å². The zero-order valence-corrected chi connectivity index (χ0v) is 9.28. The number of rotatable bonds is 4. The molecule has 1 aromatic rings. The normalized spacial score (nSPS) is 22.7. The highest BCUT2D eigenvalue weighted by atomic mass is 16.6. The molecule has 1 saturated heterocycles. The molecule has 1 aliphatic heterocycles. The highest BCUT2D eigenvalue weighted by molar-refractivity contribution is 5.72. The van der Waals surface area contributed by atoms with Crippen molar-refractivity contribution in [1.29, 1.82) is 0 Å². The van der Waals surface area contributed by atoms with Gasteiger partial charge in [-0.05, 0) is 6.07 Å². The summed E-state index contributed by atoms with van der Waals surface area (Å²) in [5, 5.41) is 22.3. The van der Waals surface area contributed by atoms with Gasteiger partial charge in [-0.3, -0.25) is 14.9 Å². The molecule has 18 heavy (non-hydrogen) atoms. The van der Waals surface area contributed by atoms with E-state index >= 15 is 0 Å². The fourth-order valence-corrected chi connectivity index (χ4v) is 1.71. The van der Waals surface area contributed by atoms with Crippen molar-refractivity contribution in [1.82, 2.24) is 4.98 Å². The van der Waals surface area contributed by atoms with E-state index in [1.54, 1.807) is 0 Å². The van der Waals surface area contributed by atoms with E-state index in [2.05, 4.69) is 10.3 Å². The van der Waals surface area contributed by atoms with Crippen LogP contribution in [0.3, 0.4) is 0 Å². The lowest BCUT2D eigenvalue weighted by Gasteiger charge is -2.15. The summed E-state index contributed by atoms with van der Waals surface area (Å²) < 4.78 is 5.09. The number of carbonyl (C=O) groups is 1. The first-order valence-corrected chi connectivity index (χ1v) is 5.25. The Morgan fingerprint density at radius 3 is 2.89 bits per heavy atom. The lowest BCUT2D eigenvalue weighted by Crippen LogP contribution is -2.33. The molecule has 1 aromatic heterocycles. The highest BCUT2D eigenvalue weighted by Crippen LogP contribution is 2.19. The molecule has 8 nitrogen and oxygen atoms in total. The Morgan fingerprint density at radius 2 is 2.33 bits per heavy atom. The van der Waals surface area contributed by atoms with Crippen LogP contribution in [0.4, 0.5) is 11.5 Å². The molecular formula is C10H11N3O5. The van der Waals surface area contributed by atoms with Crippen LogP contribution in [0.25, 0.3) is 0 Å². The van der Waals surface area contributed by atoms with Crippen LogP contribution in [0.1, 0.15) is 0 Å². The predicted octanol–water partition coefficient (Wildman–Crippen LogP) is 0.501. The van der Waals surface area contributed by atoms with Gasteiger partial charge in [-0.15, -0.1) is 0 Å². The van der Waals surface area contributed by atoms with E-state index in [-0.39, 0.29) is 24.9 Å². The Hall–Kier alpha value is -2.22. The standard InChI is InChI=1S/C10H11N3O5/c14-10(15)7-4-18-5-8(7)12-9-2-1-6(3-11-9)13(16)17/h1-3,7-8H,4-5H2,(H,11,12)(H,14,15). The van der Waals surface area contributed by atoms with Crippen LogP contribution in [-0.4, -0.2) is 40.2 Å². The van der Waals surface area contributed by atoms with Crippen LogP contribution in [0.5, 0.6) is 0 Å². The molecule has 2 atom stereocenters. The second-order valence-electron chi connectivity index (χ2n) is 3.89. The zero-order valence-electron chi connectivity index (χ0n) is 9.28. The number of pyridine rings is 1. The van der Waals surface area contributed by atoms with Crippen LogP contribution < -0.4 is 5.32 Å². The van der Waals surface area contributed by atoms with Gasteiger partial charge in [0.1, 0.15) is 17.9 Å². The van der Waals surface area contributed by atoms with Crippen LogP contribution in [0.15, 0.2) is 18.3 Å². The summed E-state index contributed by atoms with van der Waals surface area (Å²) in [6.45, 7) is 0.426. The Labute approximate surface area is 102 Å². The SMILES string of the molecule is O=C(O)C1COCC1Nc1ccc([N+](=O)[O-])cn1. The second-order valence-corrected chi connectivity index (χ2v) is 3.89. The van der Waals surface area contributed by atoms with Crippen LogP contribution >= 0.6 is 0 Å².